The fourth-order valence-corrected chi connectivity index (χ4v) is 4.05. The third kappa shape index (κ3) is 2.48. The highest BCUT2D eigenvalue weighted by Crippen LogP contribution is 2.46. The summed E-state index contributed by atoms with van der Waals surface area (Å²) in [5, 5.41) is 4.49. The van der Waals surface area contributed by atoms with Gasteiger partial charge in [-0.2, -0.15) is 0 Å². The molecule has 0 atom stereocenters. The minimum Gasteiger partial charge on any atom is -0.489 e. The lowest BCUT2D eigenvalue weighted by Crippen LogP contribution is -2.13. The molecule has 0 N–H and O–H groups in total. The molecule has 0 spiro atoms. The molecule has 4 aromatic rings. The van der Waals surface area contributed by atoms with Crippen LogP contribution in [0.15, 0.2) is 65.1 Å². The van der Waals surface area contributed by atoms with E-state index in [0.717, 1.165) is 54.1 Å². The van der Waals surface area contributed by atoms with Crippen molar-refractivity contribution in [2.75, 3.05) is 13.2 Å². The lowest BCUT2D eigenvalue weighted by Gasteiger charge is -2.22. The van der Waals surface area contributed by atoms with Gasteiger partial charge in [-0.3, -0.25) is 0 Å². The largest absolute Gasteiger partial charge is 0.489 e. The summed E-state index contributed by atoms with van der Waals surface area (Å²) in [4.78, 5) is 0. The number of rotatable bonds is 0. The van der Waals surface area contributed by atoms with Crippen molar-refractivity contribution in [2.24, 2.45) is 0 Å². The van der Waals surface area contributed by atoms with E-state index in [1.54, 1.807) is 0 Å². The second kappa shape index (κ2) is 6.06. The van der Waals surface area contributed by atoms with Crippen LogP contribution in [0.25, 0.3) is 32.7 Å². The van der Waals surface area contributed by atoms with Gasteiger partial charge in [0.15, 0.2) is 0 Å². The van der Waals surface area contributed by atoms with Gasteiger partial charge in [0.2, 0.25) is 0 Å². The minimum absolute atomic E-state index is 0.519. The van der Waals surface area contributed by atoms with Crippen LogP contribution in [-0.4, -0.2) is 21.1 Å². The lowest BCUT2D eigenvalue weighted by molar-refractivity contribution is 0.215. The van der Waals surface area contributed by atoms with Crippen molar-refractivity contribution < 1.29 is 9.47 Å². The molecule has 124 valence electrons. The quantitative estimate of drug-likeness (QED) is 0.387. The van der Waals surface area contributed by atoms with Crippen LogP contribution in [0, 0.1) is 0 Å². The molecular formula is C22H14BBrO2. The van der Waals surface area contributed by atoms with Gasteiger partial charge in [-0.1, -0.05) is 57.8 Å². The zero-order chi connectivity index (χ0) is 17.7. The van der Waals surface area contributed by atoms with Crippen molar-refractivity contribution in [1.82, 2.24) is 0 Å². The molecule has 0 saturated carbocycles. The highest BCUT2D eigenvalue weighted by molar-refractivity contribution is 9.10. The summed E-state index contributed by atoms with van der Waals surface area (Å²) in [5.41, 5.74) is 2.88. The smallest absolute Gasteiger partial charge is 0.128 e. The van der Waals surface area contributed by atoms with E-state index in [-0.39, 0.29) is 0 Å². The molecule has 0 bridgehead atoms. The summed E-state index contributed by atoms with van der Waals surface area (Å²) in [6.07, 6.45) is 0. The molecule has 0 amide bonds. The van der Waals surface area contributed by atoms with Crippen LogP contribution in [0.5, 0.6) is 11.5 Å². The molecule has 1 aliphatic heterocycles. The summed E-state index contributed by atoms with van der Waals surface area (Å²) in [7, 11) is 6.00. The highest BCUT2D eigenvalue weighted by Gasteiger charge is 2.20. The topological polar surface area (TPSA) is 18.5 Å². The fourth-order valence-electron chi connectivity index (χ4n) is 3.67. The predicted molar refractivity (Wildman–Crippen MR) is 111 cm³/mol. The molecule has 0 fully saturated rings. The first kappa shape index (κ1) is 15.8. The van der Waals surface area contributed by atoms with E-state index in [4.69, 9.17) is 17.3 Å². The Bertz CT molecular complexity index is 1080. The maximum absolute atomic E-state index is 6.03. The molecule has 4 aromatic carbocycles. The molecule has 4 heteroatoms. The van der Waals surface area contributed by atoms with E-state index in [2.05, 4.69) is 58.4 Å². The third-order valence-corrected chi connectivity index (χ3v) is 5.29. The third-order valence-electron chi connectivity index (χ3n) is 4.80. The second-order valence-electron chi connectivity index (χ2n) is 6.42. The molecule has 0 aliphatic carbocycles. The maximum atomic E-state index is 6.03. The molecule has 2 radical (unpaired) electrons. The molecule has 0 unspecified atom stereocenters. The molecule has 26 heavy (non-hydrogen) atoms. The van der Waals surface area contributed by atoms with Crippen molar-refractivity contribution in [2.45, 2.75) is 0 Å². The molecule has 1 aliphatic rings. The van der Waals surface area contributed by atoms with Gasteiger partial charge in [0.05, 0.1) is 0 Å². The molecule has 5 rings (SSSR count). The second-order valence-corrected chi connectivity index (χ2v) is 7.34. The van der Waals surface area contributed by atoms with Gasteiger partial charge in [-0.15, -0.1) is 0 Å². The summed E-state index contributed by atoms with van der Waals surface area (Å²) in [6.45, 7) is 1.04. The first-order valence-corrected chi connectivity index (χ1v) is 9.30. The SMILES string of the molecule is [B]c1ccc2c3c(ccc2c1)OCCOc1ccc2cc(Br)ccc2c1-3. The lowest BCUT2D eigenvalue weighted by atomic mass is 9.88. The Hall–Kier alpha value is -2.46. The summed E-state index contributed by atoms with van der Waals surface area (Å²) >= 11 is 3.57. The van der Waals surface area contributed by atoms with E-state index >= 15 is 0 Å². The van der Waals surface area contributed by atoms with E-state index in [1.807, 2.05) is 18.2 Å². The number of ether oxygens (including phenoxy) is 2. The molecule has 0 aromatic heterocycles. The maximum Gasteiger partial charge on any atom is 0.128 e. The number of benzene rings is 4. The van der Waals surface area contributed by atoms with Gasteiger partial charge < -0.3 is 9.47 Å². The van der Waals surface area contributed by atoms with Crippen LogP contribution in [-0.2, 0) is 0 Å². The number of hydrogen-bond donors (Lipinski definition) is 0. The van der Waals surface area contributed by atoms with Crippen molar-refractivity contribution in [3.05, 3.63) is 65.1 Å². The van der Waals surface area contributed by atoms with Gasteiger partial charge in [0.1, 0.15) is 32.6 Å². The van der Waals surface area contributed by atoms with Crippen LogP contribution in [0.3, 0.4) is 0 Å². The van der Waals surface area contributed by atoms with Crippen LogP contribution >= 0.6 is 15.9 Å². The Morgan fingerprint density at radius 3 is 1.92 bits per heavy atom. The standard InChI is InChI=1S/C22H14BBrO2/c23-15-3-5-17-13(11-15)1-7-19-21(17)22-18-6-4-16(24)12-14(18)2-8-20(22)26-10-9-25-19/h1-8,11-12H,9-10H2. The number of halogens is 1. The monoisotopic (exact) mass is 400 g/mol. The first-order valence-electron chi connectivity index (χ1n) is 8.51. The Balaban J connectivity index is 1.96. The van der Waals surface area contributed by atoms with Gasteiger partial charge >= 0.3 is 0 Å². The normalized spacial score (nSPS) is 13.3. The van der Waals surface area contributed by atoms with E-state index in [1.165, 1.54) is 0 Å². The molecule has 1 heterocycles. The number of hydrogen-bond acceptors (Lipinski definition) is 2. The van der Waals surface area contributed by atoms with Gasteiger partial charge in [-0.05, 0) is 45.8 Å². The van der Waals surface area contributed by atoms with Crippen molar-refractivity contribution >= 4 is 50.8 Å². The average Bonchev–Trinajstić information content (AvgIpc) is 2.62. The highest BCUT2D eigenvalue weighted by atomic mass is 79.9. The van der Waals surface area contributed by atoms with E-state index in [0.29, 0.717) is 13.2 Å². The van der Waals surface area contributed by atoms with Crippen LogP contribution in [0.1, 0.15) is 0 Å². The Morgan fingerprint density at radius 2 is 1.27 bits per heavy atom. The predicted octanol–water partition coefficient (Wildman–Crippen LogP) is 4.99. The summed E-state index contributed by atoms with van der Waals surface area (Å²) in [6, 6.07) is 20.6. The molecule has 0 saturated heterocycles. The van der Waals surface area contributed by atoms with Crippen LogP contribution in [0.4, 0.5) is 0 Å². The average molecular weight is 401 g/mol. The van der Waals surface area contributed by atoms with Gasteiger partial charge in [0.25, 0.3) is 0 Å². The zero-order valence-electron chi connectivity index (χ0n) is 14.0. The Kier molecular flexibility index (Phi) is 3.68. The van der Waals surface area contributed by atoms with Gasteiger partial charge in [0, 0.05) is 15.6 Å². The Labute approximate surface area is 161 Å². The van der Waals surface area contributed by atoms with Crippen LogP contribution < -0.4 is 14.9 Å². The van der Waals surface area contributed by atoms with Crippen molar-refractivity contribution in [3.63, 3.8) is 0 Å². The van der Waals surface area contributed by atoms with Crippen molar-refractivity contribution in [3.8, 4) is 22.6 Å². The zero-order valence-corrected chi connectivity index (χ0v) is 15.5. The minimum atomic E-state index is 0.519. The van der Waals surface area contributed by atoms with E-state index in [9.17, 15) is 0 Å². The Morgan fingerprint density at radius 1 is 0.692 bits per heavy atom. The van der Waals surface area contributed by atoms with E-state index < -0.39 is 0 Å². The fraction of sp³-hybridized carbons (Fsp3) is 0.0909. The molecule has 2 nitrogen and oxygen atoms in total. The van der Waals surface area contributed by atoms with Crippen LogP contribution in [0.2, 0.25) is 0 Å². The summed E-state index contributed by atoms with van der Waals surface area (Å²) in [5.74, 6) is 1.76. The van der Waals surface area contributed by atoms with Gasteiger partial charge in [-0.25, -0.2) is 0 Å². The molecular weight excluding hydrogens is 387 g/mol. The summed E-state index contributed by atoms with van der Waals surface area (Å²) < 4.78 is 13.1. The van der Waals surface area contributed by atoms with Crippen molar-refractivity contribution in [1.29, 1.82) is 0 Å². The first-order chi connectivity index (χ1) is 12.7. The number of fused-ring (bicyclic) bond motifs is 7.